The molecule has 8 heteroatoms. The first-order valence-corrected chi connectivity index (χ1v) is 12.0. The lowest BCUT2D eigenvalue weighted by Gasteiger charge is -2.42. The maximum absolute atomic E-state index is 13.4. The number of piperidine rings is 1. The van der Waals surface area contributed by atoms with Crippen LogP contribution in [-0.2, 0) is 4.74 Å². The summed E-state index contributed by atoms with van der Waals surface area (Å²) in [6, 6.07) is 18.3. The van der Waals surface area contributed by atoms with Gasteiger partial charge in [-0.15, -0.1) is 0 Å². The summed E-state index contributed by atoms with van der Waals surface area (Å²) in [6.07, 6.45) is 1.46. The number of epoxide rings is 1. The summed E-state index contributed by atoms with van der Waals surface area (Å²) in [7, 11) is 0. The normalized spacial score (nSPS) is 24.7. The van der Waals surface area contributed by atoms with Gasteiger partial charge in [0.15, 0.2) is 0 Å². The van der Waals surface area contributed by atoms with Crippen LogP contribution in [0, 0.1) is 5.82 Å². The molecule has 172 valence electrons. The van der Waals surface area contributed by atoms with Crippen molar-refractivity contribution in [3.63, 3.8) is 0 Å². The molecule has 2 aliphatic heterocycles. The Morgan fingerprint density at radius 2 is 1.73 bits per heavy atom. The van der Waals surface area contributed by atoms with Crippen LogP contribution in [0.5, 0.6) is 0 Å². The number of hydrogen-bond acceptors (Lipinski definition) is 4. The van der Waals surface area contributed by atoms with Gasteiger partial charge in [0.2, 0.25) is 0 Å². The largest absolute Gasteiger partial charge is 0.398 e. The summed E-state index contributed by atoms with van der Waals surface area (Å²) < 4.78 is 19.2. The maximum atomic E-state index is 13.4. The first-order chi connectivity index (χ1) is 15.9. The van der Waals surface area contributed by atoms with Crippen molar-refractivity contribution >= 4 is 46.2 Å². The number of nitrogen functional groups attached to an aromatic ring is 1. The Bertz CT molecular complexity index is 1160. The van der Waals surface area contributed by atoms with E-state index in [9.17, 15) is 4.39 Å². The Kier molecular flexibility index (Phi) is 6.43. The van der Waals surface area contributed by atoms with Gasteiger partial charge in [-0.05, 0) is 60.9 Å². The van der Waals surface area contributed by atoms with Crippen LogP contribution < -0.4 is 16.0 Å². The molecule has 0 bridgehead atoms. The third-order valence-electron chi connectivity index (χ3n) is 6.32. The summed E-state index contributed by atoms with van der Waals surface area (Å²) in [5, 5.41) is 5.55. The van der Waals surface area contributed by atoms with Crippen molar-refractivity contribution in [2.24, 2.45) is 0 Å². The van der Waals surface area contributed by atoms with Gasteiger partial charge in [-0.25, -0.2) is 4.39 Å². The molecule has 3 aromatic carbocycles. The molecule has 2 fully saturated rings. The van der Waals surface area contributed by atoms with E-state index in [1.165, 1.54) is 12.1 Å². The Hall–Kier alpha value is -2.02. The predicted octanol–water partition coefficient (Wildman–Crippen LogP) is 6.77. The van der Waals surface area contributed by atoms with Crippen LogP contribution >= 0.6 is 34.8 Å². The molecule has 2 saturated heterocycles. The Balaban J connectivity index is 1.34. The fraction of sp³-hybridized carbons (Fsp3) is 0.280. The van der Waals surface area contributed by atoms with Gasteiger partial charge in [-0.2, -0.15) is 0 Å². The molecule has 0 amide bonds. The molecule has 0 saturated carbocycles. The van der Waals surface area contributed by atoms with E-state index in [4.69, 9.17) is 45.3 Å². The number of benzene rings is 3. The second-order valence-electron chi connectivity index (χ2n) is 8.49. The molecule has 0 radical (unpaired) electrons. The molecule has 0 spiro atoms. The van der Waals surface area contributed by atoms with Crippen LogP contribution in [0.3, 0.4) is 0 Å². The predicted molar refractivity (Wildman–Crippen MR) is 133 cm³/mol. The van der Waals surface area contributed by atoms with Gasteiger partial charge < -0.3 is 15.4 Å². The maximum Gasteiger partial charge on any atom is 0.140 e. The highest BCUT2D eigenvalue weighted by atomic mass is 35.5. The highest BCUT2D eigenvalue weighted by Gasteiger charge is 2.44. The van der Waals surface area contributed by atoms with Gasteiger partial charge in [0, 0.05) is 33.9 Å². The number of ether oxygens (including phenoxy) is 1. The van der Waals surface area contributed by atoms with Crippen molar-refractivity contribution in [2.45, 2.75) is 37.3 Å². The molecule has 2 aliphatic rings. The van der Waals surface area contributed by atoms with Crippen molar-refractivity contribution in [3.8, 4) is 0 Å². The lowest BCUT2D eigenvalue weighted by molar-refractivity contribution is 0.290. The van der Waals surface area contributed by atoms with Crippen molar-refractivity contribution in [3.05, 3.63) is 92.7 Å². The van der Waals surface area contributed by atoms with Gasteiger partial charge in [0.1, 0.15) is 18.1 Å². The van der Waals surface area contributed by atoms with Crippen LogP contribution in [0.15, 0.2) is 60.7 Å². The van der Waals surface area contributed by atoms with Gasteiger partial charge in [-0.1, -0.05) is 53.0 Å². The van der Waals surface area contributed by atoms with Crippen LogP contribution in [-0.4, -0.2) is 18.8 Å². The quantitative estimate of drug-likeness (QED) is 0.296. The number of nitrogens with zero attached hydrogens (tertiary/aromatic N) is 1. The lowest BCUT2D eigenvalue weighted by Crippen LogP contribution is -2.45. The molecular formula is C25H23Cl3FN3O. The molecule has 0 aromatic heterocycles. The van der Waals surface area contributed by atoms with E-state index < -0.39 is 0 Å². The Labute approximate surface area is 207 Å². The highest BCUT2D eigenvalue weighted by molar-refractivity contribution is 6.36. The minimum absolute atomic E-state index is 0.0975. The van der Waals surface area contributed by atoms with Crippen LogP contribution in [0.4, 0.5) is 15.8 Å². The average Bonchev–Trinajstić information content (AvgIpc) is 3.53. The molecule has 3 N–H and O–H groups in total. The molecule has 4 atom stereocenters. The fourth-order valence-corrected chi connectivity index (χ4v) is 5.28. The zero-order chi connectivity index (χ0) is 23.1. The monoisotopic (exact) mass is 505 g/mol. The Morgan fingerprint density at radius 3 is 2.45 bits per heavy atom. The van der Waals surface area contributed by atoms with Crippen LogP contribution in [0.2, 0.25) is 15.1 Å². The third-order valence-corrected chi connectivity index (χ3v) is 7.11. The van der Waals surface area contributed by atoms with E-state index in [-0.39, 0.29) is 30.2 Å². The SMILES string of the molecule is Nc1cc(F)ccc1C1OC1NC1CCN(c2ccc(Cl)cc2Cl)C(c2ccc(Cl)cc2)C1. The van der Waals surface area contributed by atoms with E-state index in [1.807, 2.05) is 24.3 Å². The molecular weight excluding hydrogens is 484 g/mol. The van der Waals surface area contributed by atoms with E-state index >= 15 is 0 Å². The number of rotatable bonds is 5. The van der Waals surface area contributed by atoms with Crippen molar-refractivity contribution in [1.29, 1.82) is 0 Å². The zero-order valence-electron chi connectivity index (χ0n) is 17.6. The van der Waals surface area contributed by atoms with E-state index in [2.05, 4.69) is 22.3 Å². The molecule has 4 nitrogen and oxygen atoms in total. The summed E-state index contributed by atoms with van der Waals surface area (Å²) in [4.78, 5) is 2.32. The minimum Gasteiger partial charge on any atom is -0.398 e. The zero-order valence-corrected chi connectivity index (χ0v) is 19.9. The topological polar surface area (TPSA) is 53.8 Å². The molecule has 3 aromatic rings. The van der Waals surface area contributed by atoms with Crippen LogP contribution in [0.25, 0.3) is 0 Å². The number of halogens is 4. The summed E-state index contributed by atoms with van der Waals surface area (Å²) in [5.41, 5.74) is 9.33. The highest BCUT2D eigenvalue weighted by Crippen LogP contribution is 2.43. The van der Waals surface area contributed by atoms with E-state index in [0.29, 0.717) is 20.8 Å². The lowest BCUT2D eigenvalue weighted by atomic mass is 9.91. The second kappa shape index (κ2) is 9.32. The second-order valence-corrected chi connectivity index (χ2v) is 9.78. The Morgan fingerprint density at radius 1 is 0.970 bits per heavy atom. The summed E-state index contributed by atoms with van der Waals surface area (Å²) in [5.74, 6) is -0.347. The first-order valence-electron chi connectivity index (χ1n) is 10.8. The number of hydrogen-bond donors (Lipinski definition) is 2. The summed E-state index contributed by atoms with van der Waals surface area (Å²) in [6.45, 7) is 0.808. The average molecular weight is 507 g/mol. The number of anilines is 2. The number of nitrogens with two attached hydrogens (primary N) is 1. The molecule has 5 rings (SSSR count). The fourth-order valence-electron chi connectivity index (χ4n) is 4.63. The van der Waals surface area contributed by atoms with Gasteiger partial charge in [-0.3, -0.25) is 5.32 Å². The molecule has 4 unspecified atom stereocenters. The summed E-state index contributed by atoms with van der Waals surface area (Å²) >= 11 is 18.8. The standard InChI is InChI=1S/C25H23Cl3FN3O/c26-15-3-1-14(2-4-15)23-13-18(9-10-32(23)22-8-5-16(27)11-20(22)28)31-25-24(33-25)19-7-6-17(29)12-21(19)30/h1-8,11-12,18,23-25,31H,9-10,13,30H2. The van der Waals surface area contributed by atoms with Crippen LogP contribution in [0.1, 0.15) is 36.1 Å². The molecule has 0 aliphatic carbocycles. The van der Waals surface area contributed by atoms with E-state index in [0.717, 1.165) is 36.2 Å². The van der Waals surface area contributed by atoms with Gasteiger partial charge >= 0.3 is 0 Å². The van der Waals surface area contributed by atoms with Gasteiger partial charge in [0.25, 0.3) is 0 Å². The van der Waals surface area contributed by atoms with Gasteiger partial charge in [0.05, 0.1) is 16.8 Å². The smallest absolute Gasteiger partial charge is 0.140 e. The molecule has 2 heterocycles. The minimum atomic E-state index is -0.347. The van der Waals surface area contributed by atoms with Crippen molar-refractivity contribution in [2.75, 3.05) is 17.2 Å². The van der Waals surface area contributed by atoms with Crippen molar-refractivity contribution < 1.29 is 9.13 Å². The van der Waals surface area contributed by atoms with Crippen molar-refractivity contribution in [1.82, 2.24) is 5.32 Å². The first kappa shape index (κ1) is 22.8. The third kappa shape index (κ3) is 4.93. The molecule has 33 heavy (non-hydrogen) atoms. The number of nitrogens with one attached hydrogen (secondary N) is 1. The van der Waals surface area contributed by atoms with E-state index in [1.54, 1.807) is 12.1 Å².